The smallest absolute Gasteiger partial charge is 0.325 e. The lowest BCUT2D eigenvalue weighted by Crippen LogP contribution is -2.44. The Hall–Kier alpha value is -2.05. The number of nitrogens with zero attached hydrogens (tertiary/aromatic N) is 1. The van der Waals surface area contributed by atoms with Crippen LogP contribution in [0.2, 0.25) is 0 Å². The number of urea groups is 1. The largest absolute Gasteiger partial charge is 0.480 e. The van der Waals surface area contributed by atoms with E-state index in [9.17, 15) is 9.59 Å². The van der Waals surface area contributed by atoms with Crippen molar-refractivity contribution in [2.75, 3.05) is 0 Å². The summed E-state index contributed by atoms with van der Waals surface area (Å²) in [5.74, 6) is -0.599. The van der Waals surface area contributed by atoms with Crippen LogP contribution in [-0.2, 0) is 11.3 Å². The average molecular weight is 213 g/mol. The molecule has 0 aliphatic carbocycles. The van der Waals surface area contributed by atoms with Gasteiger partial charge in [0.1, 0.15) is 6.04 Å². The standard InChI is InChI=1S/C8H11N3O4/c1-5(7(12)13)11-8(14)9-4-6-2-3-10-15-6/h2-3,5H,4H2,1H3,(H,12,13)(H2,9,11,14)/t5-/m0/s1. The zero-order valence-electron chi connectivity index (χ0n) is 8.06. The molecule has 1 aromatic heterocycles. The first-order valence-electron chi connectivity index (χ1n) is 4.26. The van der Waals surface area contributed by atoms with Gasteiger partial charge in [-0.1, -0.05) is 5.16 Å². The third-order valence-corrected chi connectivity index (χ3v) is 1.63. The number of amides is 2. The number of aliphatic carboxylic acids is 1. The molecule has 1 rings (SSSR count). The second-order valence-electron chi connectivity index (χ2n) is 2.87. The highest BCUT2D eigenvalue weighted by molar-refractivity contribution is 5.82. The van der Waals surface area contributed by atoms with E-state index in [1.54, 1.807) is 6.07 Å². The second kappa shape index (κ2) is 4.99. The van der Waals surface area contributed by atoms with Gasteiger partial charge in [-0.2, -0.15) is 0 Å². The molecule has 2 amide bonds. The predicted molar refractivity (Wildman–Crippen MR) is 49.0 cm³/mol. The lowest BCUT2D eigenvalue weighted by atomic mass is 10.3. The Labute approximate surface area is 85.4 Å². The molecule has 1 heterocycles. The van der Waals surface area contributed by atoms with Crippen molar-refractivity contribution in [1.82, 2.24) is 15.8 Å². The Morgan fingerprint density at radius 3 is 2.93 bits per heavy atom. The summed E-state index contributed by atoms with van der Waals surface area (Å²) in [5.41, 5.74) is 0. The van der Waals surface area contributed by atoms with Crippen LogP contribution in [0.4, 0.5) is 4.79 Å². The minimum Gasteiger partial charge on any atom is -0.480 e. The fourth-order valence-electron chi connectivity index (χ4n) is 0.810. The molecule has 3 N–H and O–H groups in total. The maximum Gasteiger partial charge on any atom is 0.325 e. The number of nitrogens with one attached hydrogen (secondary N) is 2. The van der Waals surface area contributed by atoms with Crippen LogP contribution in [0.25, 0.3) is 0 Å². The highest BCUT2D eigenvalue weighted by Crippen LogP contribution is 1.94. The number of carboxylic acids is 1. The summed E-state index contributed by atoms with van der Waals surface area (Å²) in [7, 11) is 0. The number of hydrogen-bond acceptors (Lipinski definition) is 4. The topological polar surface area (TPSA) is 104 Å². The summed E-state index contributed by atoms with van der Waals surface area (Å²) in [5, 5.41) is 16.6. The Morgan fingerprint density at radius 2 is 2.40 bits per heavy atom. The van der Waals surface area contributed by atoms with Crippen molar-refractivity contribution in [3.05, 3.63) is 18.0 Å². The number of carbonyl (C=O) groups excluding carboxylic acids is 1. The average Bonchev–Trinajstić information content (AvgIpc) is 2.66. The zero-order chi connectivity index (χ0) is 11.3. The Kier molecular flexibility index (Phi) is 3.67. The third-order valence-electron chi connectivity index (χ3n) is 1.63. The van der Waals surface area contributed by atoms with Crippen LogP contribution in [0, 0.1) is 0 Å². The lowest BCUT2D eigenvalue weighted by Gasteiger charge is -2.09. The molecular formula is C8H11N3O4. The normalized spacial score (nSPS) is 11.8. The van der Waals surface area contributed by atoms with E-state index in [4.69, 9.17) is 9.63 Å². The van der Waals surface area contributed by atoms with Gasteiger partial charge in [0, 0.05) is 6.07 Å². The molecule has 0 unspecified atom stereocenters. The van der Waals surface area contributed by atoms with Crippen LogP contribution in [0.3, 0.4) is 0 Å². The van der Waals surface area contributed by atoms with Crippen molar-refractivity contribution in [1.29, 1.82) is 0 Å². The van der Waals surface area contributed by atoms with Crippen LogP contribution in [0.5, 0.6) is 0 Å². The Bertz CT molecular complexity index is 336. The van der Waals surface area contributed by atoms with Crippen LogP contribution >= 0.6 is 0 Å². The summed E-state index contributed by atoms with van der Waals surface area (Å²) in [4.78, 5) is 21.5. The number of rotatable bonds is 4. The van der Waals surface area contributed by atoms with Gasteiger partial charge in [0.25, 0.3) is 0 Å². The first-order chi connectivity index (χ1) is 7.09. The van der Waals surface area contributed by atoms with Gasteiger partial charge >= 0.3 is 12.0 Å². The van der Waals surface area contributed by atoms with Gasteiger partial charge in [0.05, 0.1) is 12.7 Å². The van der Waals surface area contributed by atoms with Crippen LogP contribution < -0.4 is 10.6 Å². The van der Waals surface area contributed by atoms with Crippen LogP contribution in [0.15, 0.2) is 16.8 Å². The van der Waals surface area contributed by atoms with Crippen molar-refractivity contribution < 1.29 is 19.2 Å². The summed E-state index contributed by atoms with van der Waals surface area (Å²) in [6.45, 7) is 1.54. The second-order valence-corrected chi connectivity index (χ2v) is 2.87. The van der Waals surface area contributed by atoms with Gasteiger partial charge in [-0.25, -0.2) is 4.79 Å². The first kappa shape index (κ1) is 11.0. The number of aromatic nitrogens is 1. The highest BCUT2D eigenvalue weighted by atomic mass is 16.5. The molecular weight excluding hydrogens is 202 g/mol. The van der Waals surface area contributed by atoms with Gasteiger partial charge in [-0.15, -0.1) is 0 Å². The van der Waals surface area contributed by atoms with E-state index in [-0.39, 0.29) is 6.54 Å². The molecule has 0 aromatic carbocycles. The Balaban J connectivity index is 2.28. The van der Waals surface area contributed by atoms with Gasteiger partial charge in [-0.05, 0) is 6.92 Å². The van der Waals surface area contributed by atoms with E-state index < -0.39 is 18.0 Å². The Morgan fingerprint density at radius 1 is 1.67 bits per heavy atom. The molecule has 82 valence electrons. The molecule has 1 aromatic rings. The number of carboxylic acid groups (broad SMARTS) is 1. The quantitative estimate of drug-likeness (QED) is 0.650. The van der Waals surface area contributed by atoms with E-state index >= 15 is 0 Å². The third kappa shape index (κ3) is 3.67. The maximum atomic E-state index is 11.1. The van der Waals surface area contributed by atoms with Crippen molar-refractivity contribution in [2.45, 2.75) is 19.5 Å². The van der Waals surface area contributed by atoms with Crippen LogP contribution in [-0.4, -0.2) is 28.3 Å². The van der Waals surface area contributed by atoms with Gasteiger partial charge in [0.15, 0.2) is 5.76 Å². The summed E-state index contributed by atoms with van der Waals surface area (Å²) in [6, 6.07) is 0.0991. The van der Waals surface area contributed by atoms with Crippen molar-refractivity contribution in [2.24, 2.45) is 0 Å². The van der Waals surface area contributed by atoms with Gasteiger partial charge < -0.3 is 20.3 Å². The highest BCUT2D eigenvalue weighted by Gasteiger charge is 2.13. The van der Waals surface area contributed by atoms with Crippen molar-refractivity contribution in [3.63, 3.8) is 0 Å². The molecule has 0 bridgehead atoms. The molecule has 0 radical (unpaired) electrons. The fraction of sp³-hybridized carbons (Fsp3) is 0.375. The van der Waals surface area contributed by atoms with Crippen LogP contribution in [0.1, 0.15) is 12.7 Å². The minimum absolute atomic E-state index is 0.165. The molecule has 0 spiro atoms. The number of hydrogen-bond donors (Lipinski definition) is 3. The molecule has 15 heavy (non-hydrogen) atoms. The molecule has 7 nitrogen and oxygen atoms in total. The molecule has 0 fully saturated rings. The minimum atomic E-state index is -1.09. The van der Waals surface area contributed by atoms with E-state index in [0.717, 1.165) is 0 Å². The van der Waals surface area contributed by atoms with E-state index in [1.807, 2.05) is 0 Å². The predicted octanol–water partition coefficient (Wildman–Crippen LogP) is -0.0531. The molecule has 0 saturated heterocycles. The molecule has 0 aliphatic rings. The van der Waals surface area contributed by atoms with Crippen molar-refractivity contribution >= 4 is 12.0 Å². The van der Waals surface area contributed by atoms with Crippen molar-refractivity contribution in [3.8, 4) is 0 Å². The monoisotopic (exact) mass is 213 g/mol. The zero-order valence-corrected chi connectivity index (χ0v) is 8.06. The number of carbonyl (C=O) groups is 2. The summed E-state index contributed by atoms with van der Waals surface area (Å²) < 4.78 is 4.73. The first-order valence-corrected chi connectivity index (χ1v) is 4.26. The van der Waals surface area contributed by atoms with Gasteiger partial charge in [-0.3, -0.25) is 4.79 Å². The van der Waals surface area contributed by atoms with E-state index in [0.29, 0.717) is 5.76 Å². The van der Waals surface area contributed by atoms with E-state index in [1.165, 1.54) is 13.1 Å². The maximum absolute atomic E-state index is 11.1. The van der Waals surface area contributed by atoms with Gasteiger partial charge in [0.2, 0.25) is 0 Å². The molecule has 0 saturated carbocycles. The molecule has 7 heteroatoms. The SMILES string of the molecule is C[C@H](NC(=O)NCc1ccno1)C(=O)O. The fourth-order valence-corrected chi connectivity index (χ4v) is 0.810. The summed E-state index contributed by atoms with van der Waals surface area (Å²) >= 11 is 0. The molecule has 0 aliphatic heterocycles. The summed E-state index contributed by atoms with van der Waals surface area (Å²) in [6.07, 6.45) is 1.45. The van der Waals surface area contributed by atoms with E-state index in [2.05, 4.69) is 15.8 Å². The molecule has 1 atom stereocenters. The lowest BCUT2D eigenvalue weighted by molar-refractivity contribution is -0.138.